The van der Waals surface area contributed by atoms with Crippen molar-refractivity contribution in [2.24, 2.45) is 0 Å². The lowest BCUT2D eigenvalue weighted by molar-refractivity contribution is 0.154. The second kappa shape index (κ2) is 4.72. The first kappa shape index (κ1) is 11.2. The van der Waals surface area contributed by atoms with Crippen molar-refractivity contribution in [3.05, 3.63) is 23.8 Å². The SMILES string of the molecule is CC(CO)N(C)Cc1ccc2c(c1)OCO2. The summed E-state index contributed by atoms with van der Waals surface area (Å²) in [6, 6.07) is 6.09. The maximum absolute atomic E-state index is 9.05. The maximum Gasteiger partial charge on any atom is 0.231 e. The molecule has 0 aromatic heterocycles. The van der Waals surface area contributed by atoms with E-state index in [0.29, 0.717) is 6.79 Å². The molecule has 0 radical (unpaired) electrons. The molecule has 0 spiro atoms. The van der Waals surface area contributed by atoms with Crippen LogP contribution in [0.15, 0.2) is 18.2 Å². The normalized spacial score (nSPS) is 15.5. The predicted octanol–water partition coefficient (Wildman–Crippen LogP) is 1.23. The number of hydrogen-bond acceptors (Lipinski definition) is 4. The third kappa shape index (κ3) is 2.28. The minimum atomic E-state index is 0.158. The molecule has 0 saturated heterocycles. The summed E-state index contributed by atoms with van der Waals surface area (Å²) in [5.74, 6) is 1.61. The van der Waals surface area contributed by atoms with Gasteiger partial charge in [0.15, 0.2) is 11.5 Å². The van der Waals surface area contributed by atoms with Gasteiger partial charge in [0.05, 0.1) is 6.61 Å². The second-order valence-electron chi connectivity index (χ2n) is 4.13. The highest BCUT2D eigenvalue weighted by Gasteiger charge is 2.14. The minimum absolute atomic E-state index is 0.158. The van der Waals surface area contributed by atoms with Gasteiger partial charge in [-0.1, -0.05) is 6.07 Å². The number of likely N-dealkylation sites (N-methyl/N-ethyl adjacent to an activating group) is 1. The number of benzene rings is 1. The number of fused-ring (bicyclic) bond motifs is 1. The molecular weight excluding hydrogens is 206 g/mol. The van der Waals surface area contributed by atoms with E-state index in [0.717, 1.165) is 23.6 Å². The molecule has 1 aromatic carbocycles. The molecule has 1 heterocycles. The third-order valence-corrected chi connectivity index (χ3v) is 2.89. The van der Waals surface area contributed by atoms with Crippen molar-refractivity contribution in [3.63, 3.8) is 0 Å². The molecule has 1 aliphatic heterocycles. The van der Waals surface area contributed by atoms with Crippen LogP contribution in [0.4, 0.5) is 0 Å². The Labute approximate surface area is 95.4 Å². The minimum Gasteiger partial charge on any atom is -0.454 e. The summed E-state index contributed by atoms with van der Waals surface area (Å²) in [5.41, 5.74) is 1.16. The monoisotopic (exact) mass is 223 g/mol. The molecule has 4 nitrogen and oxygen atoms in total. The van der Waals surface area contributed by atoms with E-state index < -0.39 is 0 Å². The van der Waals surface area contributed by atoms with Crippen LogP contribution in [0.3, 0.4) is 0 Å². The Morgan fingerprint density at radius 3 is 2.88 bits per heavy atom. The number of aliphatic hydroxyl groups is 1. The fourth-order valence-corrected chi connectivity index (χ4v) is 1.62. The van der Waals surface area contributed by atoms with Crippen LogP contribution < -0.4 is 9.47 Å². The maximum atomic E-state index is 9.05. The Balaban J connectivity index is 2.05. The third-order valence-electron chi connectivity index (χ3n) is 2.89. The number of rotatable bonds is 4. The lowest BCUT2D eigenvalue weighted by Crippen LogP contribution is -2.31. The van der Waals surface area contributed by atoms with Gasteiger partial charge in [-0.25, -0.2) is 0 Å². The first-order valence-corrected chi connectivity index (χ1v) is 5.40. The molecule has 0 amide bonds. The molecule has 0 aliphatic carbocycles. The quantitative estimate of drug-likeness (QED) is 0.833. The van der Waals surface area contributed by atoms with Crippen molar-refractivity contribution >= 4 is 0 Å². The van der Waals surface area contributed by atoms with Gasteiger partial charge in [0.25, 0.3) is 0 Å². The molecule has 1 aliphatic rings. The van der Waals surface area contributed by atoms with Gasteiger partial charge in [-0.2, -0.15) is 0 Å². The molecule has 88 valence electrons. The smallest absolute Gasteiger partial charge is 0.231 e. The Morgan fingerprint density at radius 2 is 2.12 bits per heavy atom. The molecule has 2 rings (SSSR count). The summed E-state index contributed by atoms with van der Waals surface area (Å²) < 4.78 is 10.6. The van der Waals surface area contributed by atoms with Gasteiger partial charge in [-0.05, 0) is 31.7 Å². The van der Waals surface area contributed by atoms with Gasteiger partial charge in [0, 0.05) is 12.6 Å². The molecule has 4 heteroatoms. The van der Waals surface area contributed by atoms with Crippen LogP contribution in [-0.2, 0) is 6.54 Å². The van der Waals surface area contributed by atoms with E-state index in [-0.39, 0.29) is 12.6 Å². The number of hydrogen-bond donors (Lipinski definition) is 1. The summed E-state index contributed by atoms with van der Waals surface area (Å²) in [4.78, 5) is 2.09. The van der Waals surface area contributed by atoms with E-state index in [2.05, 4.69) is 4.90 Å². The van der Waals surface area contributed by atoms with Crippen LogP contribution in [0.1, 0.15) is 12.5 Å². The van der Waals surface area contributed by atoms with E-state index in [1.165, 1.54) is 0 Å². The molecule has 1 aromatic rings. The molecule has 0 bridgehead atoms. The van der Waals surface area contributed by atoms with Crippen LogP contribution >= 0.6 is 0 Å². The van der Waals surface area contributed by atoms with Gasteiger partial charge in [-0.3, -0.25) is 4.90 Å². The van der Waals surface area contributed by atoms with Crippen molar-refractivity contribution in [2.75, 3.05) is 20.4 Å². The van der Waals surface area contributed by atoms with Crippen LogP contribution in [0.5, 0.6) is 11.5 Å². The zero-order chi connectivity index (χ0) is 11.5. The molecule has 1 unspecified atom stereocenters. The van der Waals surface area contributed by atoms with Gasteiger partial charge >= 0.3 is 0 Å². The van der Waals surface area contributed by atoms with Gasteiger partial charge in [0.1, 0.15) is 0 Å². The van der Waals surface area contributed by atoms with Crippen LogP contribution in [0.25, 0.3) is 0 Å². The first-order valence-electron chi connectivity index (χ1n) is 5.40. The van der Waals surface area contributed by atoms with Crippen molar-refractivity contribution < 1.29 is 14.6 Å². The fourth-order valence-electron chi connectivity index (χ4n) is 1.62. The fraction of sp³-hybridized carbons (Fsp3) is 0.500. The number of ether oxygens (including phenoxy) is 2. The second-order valence-corrected chi connectivity index (χ2v) is 4.13. The van der Waals surface area contributed by atoms with E-state index >= 15 is 0 Å². The predicted molar refractivity (Wildman–Crippen MR) is 60.6 cm³/mol. The summed E-state index contributed by atoms with van der Waals surface area (Å²) >= 11 is 0. The first-order chi connectivity index (χ1) is 7.70. The lowest BCUT2D eigenvalue weighted by atomic mass is 10.1. The van der Waals surface area contributed by atoms with Gasteiger partial charge in [0.2, 0.25) is 6.79 Å². The largest absolute Gasteiger partial charge is 0.454 e. The number of nitrogens with zero attached hydrogens (tertiary/aromatic N) is 1. The van der Waals surface area contributed by atoms with Crippen molar-refractivity contribution in [1.29, 1.82) is 0 Å². The van der Waals surface area contributed by atoms with Crippen molar-refractivity contribution in [2.45, 2.75) is 19.5 Å². The molecule has 1 atom stereocenters. The molecule has 0 fully saturated rings. The Bertz CT molecular complexity index is 367. The zero-order valence-corrected chi connectivity index (χ0v) is 9.64. The van der Waals surface area contributed by atoms with Crippen molar-refractivity contribution in [1.82, 2.24) is 4.90 Å². The Kier molecular flexibility index (Phi) is 3.31. The van der Waals surface area contributed by atoms with E-state index in [4.69, 9.17) is 14.6 Å². The van der Waals surface area contributed by atoms with Crippen LogP contribution in [-0.4, -0.2) is 36.5 Å². The average molecular weight is 223 g/mol. The Hall–Kier alpha value is -1.26. The average Bonchev–Trinajstić information content (AvgIpc) is 2.75. The van der Waals surface area contributed by atoms with Gasteiger partial charge < -0.3 is 14.6 Å². The van der Waals surface area contributed by atoms with E-state index in [9.17, 15) is 0 Å². The number of aliphatic hydroxyl groups excluding tert-OH is 1. The molecule has 1 N–H and O–H groups in total. The van der Waals surface area contributed by atoms with Crippen molar-refractivity contribution in [3.8, 4) is 11.5 Å². The summed E-state index contributed by atoms with van der Waals surface area (Å²) in [6.07, 6.45) is 0. The summed E-state index contributed by atoms with van der Waals surface area (Å²) in [5, 5.41) is 9.05. The van der Waals surface area contributed by atoms with Gasteiger partial charge in [-0.15, -0.1) is 0 Å². The zero-order valence-electron chi connectivity index (χ0n) is 9.64. The molecule has 16 heavy (non-hydrogen) atoms. The highest BCUT2D eigenvalue weighted by Crippen LogP contribution is 2.32. The summed E-state index contributed by atoms with van der Waals surface area (Å²) in [6.45, 7) is 3.26. The van der Waals surface area contributed by atoms with E-state index in [1.54, 1.807) is 0 Å². The Morgan fingerprint density at radius 1 is 1.38 bits per heavy atom. The molecule has 0 saturated carbocycles. The molecular formula is C12H17NO3. The van der Waals surface area contributed by atoms with Crippen LogP contribution in [0.2, 0.25) is 0 Å². The van der Waals surface area contributed by atoms with E-state index in [1.807, 2.05) is 32.2 Å². The van der Waals surface area contributed by atoms with Crippen LogP contribution in [0, 0.1) is 0 Å². The summed E-state index contributed by atoms with van der Waals surface area (Å²) in [7, 11) is 1.99. The highest BCUT2D eigenvalue weighted by atomic mass is 16.7. The topological polar surface area (TPSA) is 41.9 Å². The lowest BCUT2D eigenvalue weighted by Gasteiger charge is -2.22. The highest BCUT2D eigenvalue weighted by molar-refractivity contribution is 5.44. The standard InChI is InChI=1S/C12H17NO3/c1-9(7-14)13(2)6-10-3-4-11-12(5-10)16-8-15-11/h3-5,9,14H,6-8H2,1-2H3.